The molecule has 2 nitrogen and oxygen atoms in total. The van der Waals surface area contributed by atoms with Gasteiger partial charge >= 0.3 is 0 Å². The smallest absolute Gasteiger partial charge is 0.123 e. The number of halogens is 2. The van der Waals surface area contributed by atoms with Gasteiger partial charge in [0.1, 0.15) is 5.82 Å². The molecule has 2 rings (SSSR count). The lowest BCUT2D eigenvalue weighted by molar-refractivity contribution is 0.210. The van der Waals surface area contributed by atoms with Crippen molar-refractivity contribution < 1.29 is 4.39 Å². The van der Waals surface area contributed by atoms with Crippen LogP contribution in [0.4, 0.5) is 4.39 Å². The molecule has 0 aliphatic rings. The SMILES string of the molecule is CC(N)C(c1cccc(Br)c1)N(C)Cc1cccc(F)c1. The molecule has 0 spiro atoms. The van der Waals surface area contributed by atoms with Crippen LogP contribution in [0.2, 0.25) is 0 Å². The zero-order valence-electron chi connectivity index (χ0n) is 12.3. The summed E-state index contributed by atoms with van der Waals surface area (Å²) < 4.78 is 14.3. The van der Waals surface area contributed by atoms with Gasteiger partial charge in [0.2, 0.25) is 0 Å². The van der Waals surface area contributed by atoms with Gasteiger partial charge in [-0.25, -0.2) is 4.39 Å². The first kappa shape index (κ1) is 16.1. The van der Waals surface area contributed by atoms with Gasteiger partial charge in [-0.1, -0.05) is 40.2 Å². The van der Waals surface area contributed by atoms with Gasteiger partial charge in [0.05, 0.1) is 0 Å². The molecule has 0 aliphatic carbocycles. The maximum absolute atomic E-state index is 13.3. The second-order valence-corrected chi connectivity index (χ2v) is 6.32. The molecule has 4 heteroatoms. The van der Waals surface area contributed by atoms with Crippen LogP contribution >= 0.6 is 15.9 Å². The minimum absolute atomic E-state index is 0.0298. The second-order valence-electron chi connectivity index (χ2n) is 5.40. The van der Waals surface area contributed by atoms with E-state index in [1.54, 1.807) is 12.1 Å². The van der Waals surface area contributed by atoms with Gasteiger partial charge in [-0.3, -0.25) is 4.90 Å². The lowest BCUT2D eigenvalue weighted by Gasteiger charge is -2.31. The predicted octanol–water partition coefficient (Wildman–Crippen LogP) is 4.11. The highest BCUT2D eigenvalue weighted by Crippen LogP contribution is 2.26. The van der Waals surface area contributed by atoms with E-state index in [0.717, 1.165) is 15.6 Å². The first-order valence-electron chi connectivity index (χ1n) is 6.93. The summed E-state index contributed by atoms with van der Waals surface area (Å²) in [5, 5.41) is 0. The largest absolute Gasteiger partial charge is 0.326 e. The molecule has 0 heterocycles. The number of hydrogen-bond acceptors (Lipinski definition) is 2. The Kier molecular flexibility index (Phi) is 5.51. The molecule has 2 unspecified atom stereocenters. The maximum Gasteiger partial charge on any atom is 0.123 e. The minimum atomic E-state index is -0.208. The summed E-state index contributed by atoms with van der Waals surface area (Å²) in [4.78, 5) is 2.15. The number of hydrogen-bond donors (Lipinski definition) is 1. The van der Waals surface area contributed by atoms with Crippen LogP contribution < -0.4 is 5.73 Å². The third-order valence-corrected chi connectivity index (χ3v) is 3.98. The molecule has 112 valence electrons. The van der Waals surface area contributed by atoms with E-state index in [1.165, 1.54) is 6.07 Å². The van der Waals surface area contributed by atoms with Gasteiger partial charge in [0, 0.05) is 23.1 Å². The van der Waals surface area contributed by atoms with E-state index in [4.69, 9.17) is 5.73 Å². The summed E-state index contributed by atoms with van der Waals surface area (Å²) in [5.41, 5.74) is 8.27. The molecule has 0 saturated carbocycles. The molecule has 0 bridgehead atoms. The first-order valence-corrected chi connectivity index (χ1v) is 7.72. The maximum atomic E-state index is 13.3. The molecule has 2 aromatic rings. The minimum Gasteiger partial charge on any atom is -0.326 e. The van der Waals surface area contributed by atoms with Crippen molar-refractivity contribution in [3.8, 4) is 0 Å². The van der Waals surface area contributed by atoms with Crippen LogP contribution in [0.15, 0.2) is 53.0 Å². The fourth-order valence-corrected chi connectivity index (χ4v) is 3.09. The van der Waals surface area contributed by atoms with Crippen molar-refractivity contribution in [2.24, 2.45) is 5.73 Å². The normalized spacial score (nSPS) is 14.2. The van der Waals surface area contributed by atoms with E-state index < -0.39 is 0 Å². The van der Waals surface area contributed by atoms with E-state index in [-0.39, 0.29) is 17.9 Å². The van der Waals surface area contributed by atoms with Crippen LogP contribution in [0.25, 0.3) is 0 Å². The number of nitrogens with zero attached hydrogens (tertiary/aromatic N) is 1. The van der Waals surface area contributed by atoms with Crippen molar-refractivity contribution in [3.05, 3.63) is 69.9 Å². The lowest BCUT2D eigenvalue weighted by atomic mass is 9.99. The Balaban J connectivity index is 2.22. The number of benzene rings is 2. The van der Waals surface area contributed by atoms with Gasteiger partial charge < -0.3 is 5.73 Å². The van der Waals surface area contributed by atoms with Crippen LogP contribution in [0.5, 0.6) is 0 Å². The third kappa shape index (κ3) is 4.37. The molecule has 0 aromatic heterocycles. The summed E-state index contributed by atoms with van der Waals surface area (Å²) in [7, 11) is 2.01. The summed E-state index contributed by atoms with van der Waals surface area (Å²) in [6.07, 6.45) is 0. The first-order chi connectivity index (χ1) is 9.97. The van der Waals surface area contributed by atoms with Crippen LogP contribution in [0.3, 0.4) is 0 Å². The van der Waals surface area contributed by atoms with Crippen LogP contribution in [-0.4, -0.2) is 18.0 Å². The molecule has 0 radical (unpaired) electrons. The van der Waals surface area contributed by atoms with E-state index >= 15 is 0 Å². The zero-order chi connectivity index (χ0) is 15.4. The van der Waals surface area contributed by atoms with Crippen molar-refractivity contribution in [1.82, 2.24) is 4.90 Å². The van der Waals surface area contributed by atoms with Crippen molar-refractivity contribution in [3.63, 3.8) is 0 Å². The van der Waals surface area contributed by atoms with Gasteiger partial charge in [0.15, 0.2) is 0 Å². The highest BCUT2D eigenvalue weighted by molar-refractivity contribution is 9.10. The van der Waals surface area contributed by atoms with Crippen LogP contribution in [0, 0.1) is 5.82 Å². The number of nitrogens with two attached hydrogens (primary N) is 1. The predicted molar refractivity (Wildman–Crippen MR) is 88.4 cm³/mol. The van der Waals surface area contributed by atoms with Crippen LogP contribution in [-0.2, 0) is 6.54 Å². The number of likely N-dealkylation sites (N-methyl/N-ethyl adjacent to an activating group) is 1. The fourth-order valence-electron chi connectivity index (χ4n) is 2.67. The van der Waals surface area contributed by atoms with Gasteiger partial charge in [-0.15, -0.1) is 0 Å². The topological polar surface area (TPSA) is 29.3 Å². The monoisotopic (exact) mass is 350 g/mol. The van der Waals surface area contributed by atoms with Crippen molar-refractivity contribution >= 4 is 15.9 Å². The Bertz CT molecular complexity index is 601. The van der Waals surface area contributed by atoms with Crippen molar-refractivity contribution in [2.45, 2.75) is 25.6 Å². The molecular formula is C17H20BrFN2. The molecular weight excluding hydrogens is 331 g/mol. The molecule has 0 fully saturated rings. The highest BCUT2D eigenvalue weighted by atomic mass is 79.9. The van der Waals surface area contributed by atoms with E-state index in [0.29, 0.717) is 6.54 Å². The van der Waals surface area contributed by atoms with Crippen molar-refractivity contribution in [1.29, 1.82) is 0 Å². The Labute approximate surface area is 133 Å². The van der Waals surface area contributed by atoms with Gasteiger partial charge in [-0.2, -0.15) is 0 Å². The summed E-state index contributed by atoms with van der Waals surface area (Å²) in [5.74, 6) is -0.208. The number of rotatable bonds is 5. The molecule has 0 amide bonds. The average Bonchev–Trinajstić information content (AvgIpc) is 2.38. The standard InChI is InChI=1S/C17H20BrFN2/c1-12(20)17(14-6-4-7-15(18)10-14)21(2)11-13-5-3-8-16(19)9-13/h3-10,12,17H,11,20H2,1-2H3. The highest BCUT2D eigenvalue weighted by Gasteiger charge is 2.21. The Morgan fingerprint density at radius 3 is 2.52 bits per heavy atom. The van der Waals surface area contributed by atoms with Gasteiger partial charge in [-0.05, 0) is 49.4 Å². The molecule has 2 aromatic carbocycles. The van der Waals surface area contributed by atoms with E-state index in [2.05, 4.69) is 33.0 Å². The average molecular weight is 351 g/mol. The van der Waals surface area contributed by atoms with Crippen LogP contribution in [0.1, 0.15) is 24.1 Å². The summed E-state index contributed by atoms with van der Waals surface area (Å²) >= 11 is 3.50. The lowest BCUT2D eigenvalue weighted by Crippen LogP contribution is -2.37. The molecule has 0 saturated heterocycles. The summed E-state index contributed by atoms with van der Waals surface area (Å²) in [6.45, 7) is 2.64. The quantitative estimate of drug-likeness (QED) is 0.879. The second kappa shape index (κ2) is 7.16. The molecule has 2 N–H and O–H groups in total. The summed E-state index contributed by atoms with van der Waals surface area (Å²) in [6, 6.07) is 14.9. The third-order valence-electron chi connectivity index (χ3n) is 3.48. The molecule has 2 atom stereocenters. The van der Waals surface area contributed by atoms with Gasteiger partial charge in [0.25, 0.3) is 0 Å². The Morgan fingerprint density at radius 2 is 1.90 bits per heavy atom. The Hall–Kier alpha value is -1.23. The van der Waals surface area contributed by atoms with E-state index in [9.17, 15) is 4.39 Å². The molecule has 0 aliphatic heterocycles. The van der Waals surface area contributed by atoms with E-state index in [1.807, 2.05) is 32.2 Å². The zero-order valence-corrected chi connectivity index (χ0v) is 13.8. The fraction of sp³-hybridized carbons (Fsp3) is 0.294. The molecule has 21 heavy (non-hydrogen) atoms. The van der Waals surface area contributed by atoms with Crippen molar-refractivity contribution in [2.75, 3.05) is 7.05 Å². The Morgan fingerprint density at radius 1 is 1.19 bits per heavy atom.